The van der Waals surface area contributed by atoms with Crippen molar-refractivity contribution in [2.45, 2.75) is 44.8 Å². The molecule has 18 heavy (non-hydrogen) atoms. The Balaban J connectivity index is 2.45. The van der Waals surface area contributed by atoms with Crippen molar-refractivity contribution in [3.63, 3.8) is 0 Å². The largest absolute Gasteiger partial charge is 0.381 e. The second-order valence-corrected chi connectivity index (χ2v) is 10.9. The monoisotopic (exact) mass is 328 g/mol. The number of hydrogen-bond donors (Lipinski definition) is 0. The summed E-state index contributed by atoms with van der Waals surface area (Å²) in [7, 11) is -0.657. The molecule has 0 aliphatic heterocycles. The molecule has 3 heteroatoms. The van der Waals surface area contributed by atoms with Crippen LogP contribution >= 0.6 is 15.9 Å². The standard InChI is InChI=1S/C15H25BrOSi/c1-12(13-7-6-8-14(16)9-13)10-17-11-15(2,3)18(4)5/h6-9,12,18H,10-11H2,1-5H3. The summed E-state index contributed by atoms with van der Waals surface area (Å²) in [5, 5.41) is 0.386. The van der Waals surface area contributed by atoms with E-state index < -0.39 is 8.80 Å². The van der Waals surface area contributed by atoms with Crippen LogP contribution in [0.15, 0.2) is 28.7 Å². The summed E-state index contributed by atoms with van der Waals surface area (Å²) in [5.41, 5.74) is 1.34. The molecule has 0 heterocycles. The van der Waals surface area contributed by atoms with Gasteiger partial charge < -0.3 is 4.74 Å². The molecule has 0 saturated carbocycles. The van der Waals surface area contributed by atoms with E-state index in [-0.39, 0.29) is 0 Å². The molecule has 1 atom stereocenters. The molecule has 0 spiro atoms. The Kier molecular flexibility index (Phi) is 6.08. The van der Waals surface area contributed by atoms with E-state index in [9.17, 15) is 0 Å². The van der Waals surface area contributed by atoms with Gasteiger partial charge in [-0.3, -0.25) is 0 Å². The summed E-state index contributed by atoms with van der Waals surface area (Å²) >= 11 is 3.51. The fourth-order valence-corrected chi connectivity index (χ4v) is 2.44. The highest BCUT2D eigenvalue weighted by Crippen LogP contribution is 2.29. The molecule has 0 amide bonds. The second-order valence-electron chi connectivity index (χ2n) is 6.11. The van der Waals surface area contributed by atoms with Crippen molar-refractivity contribution in [2.24, 2.45) is 0 Å². The summed E-state index contributed by atoms with van der Waals surface area (Å²) in [5.74, 6) is 0.451. The normalized spacial score (nSPS) is 13.9. The molecule has 0 N–H and O–H groups in total. The number of benzene rings is 1. The average Bonchev–Trinajstić information content (AvgIpc) is 2.28. The van der Waals surface area contributed by atoms with Gasteiger partial charge in [0, 0.05) is 25.8 Å². The van der Waals surface area contributed by atoms with Crippen molar-refractivity contribution < 1.29 is 4.74 Å². The highest BCUT2D eigenvalue weighted by Gasteiger charge is 2.23. The van der Waals surface area contributed by atoms with Crippen molar-refractivity contribution in [3.05, 3.63) is 34.3 Å². The van der Waals surface area contributed by atoms with Gasteiger partial charge in [0.25, 0.3) is 0 Å². The SMILES string of the molecule is CC(COCC(C)(C)[SiH](C)C)c1cccc(Br)c1. The highest BCUT2D eigenvalue weighted by atomic mass is 79.9. The Morgan fingerprint density at radius 2 is 2.00 bits per heavy atom. The van der Waals surface area contributed by atoms with Crippen LogP contribution < -0.4 is 0 Å². The molecule has 0 aromatic heterocycles. The van der Waals surface area contributed by atoms with Crippen LogP contribution in [0.1, 0.15) is 32.3 Å². The van der Waals surface area contributed by atoms with E-state index in [1.54, 1.807) is 0 Å². The van der Waals surface area contributed by atoms with Crippen molar-refractivity contribution in [2.75, 3.05) is 13.2 Å². The van der Waals surface area contributed by atoms with Crippen LogP contribution in [0.5, 0.6) is 0 Å². The maximum atomic E-state index is 5.94. The van der Waals surface area contributed by atoms with Gasteiger partial charge in [0.05, 0.1) is 6.61 Å². The first-order chi connectivity index (χ1) is 8.33. The number of halogens is 1. The minimum absolute atomic E-state index is 0.386. The van der Waals surface area contributed by atoms with Crippen molar-refractivity contribution in [1.29, 1.82) is 0 Å². The Morgan fingerprint density at radius 3 is 2.56 bits per heavy atom. The van der Waals surface area contributed by atoms with Gasteiger partial charge >= 0.3 is 0 Å². The maximum absolute atomic E-state index is 5.94. The zero-order chi connectivity index (χ0) is 13.8. The predicted molar refractivity (Wildman–Crippen MR) is 86.3 cm³/mol. The molecular formula is C15H25BrOSi. The molecule has 1 unspecified atom stereocenters. The minimum atomic E-state index is -0.657. The van der Waals surface area contributed by atoms with Gasteiger partial charge in [-0.25, -0.2) is 0 Å². The third kappa shape index (κ3) is 4.86. The fourth-order valence-electron chi connectivity index (χ4n) is 1.57. The zero-order valence-corrected chi connectivity index (χ0v) is 14.9. The maximum Gasteiger partial charge on any atom is 0.0532 e. The van der Waals surface area contributed by atoms with Crippen LogP contribution in [0.4, 0.5) is 0 Å². The zero-order valence-electron chi connectivity index (χ0n) is 12.2. The predicted octanol–water partition coefficient (Wildman–Crippen LogP) is 4.84. The summed E-state index contributed by atoms with van der Waals surface area (Å²) in [6.07, 6.45) is 0. The van der Waals surface area contributed by atoms with Crippen molar-refractivity contribution in [3.8, 4) is 0 Å². The first-order valence-corrected chi connectivity index (χ1v) is 10.3. The van der Waals surface area contributed by atoms with Gasteiger partial charge in [-0.1, -0.05) is 61.9 Å². The number of rotatable bonds is 6. The third-order valence-corrected chi connectivity index (χ3v) is 7.61. The molecule has 1 nitrogen and oxygen atoms in total. The van der Waals surface area contributed by atoms with E-state index in [1.807, 2.05) is 0 Å². The smallest absolute Gasteiger partial charge is 0.0532 e. The van der Waals surface area contributed by atoms with Crippen molar-refractivity contribution >= 4 is 24.7 Å². The van der Waals surface area contributed by atoms with Crippen LogP contribution in [0, 0.1) is 0 Å². The lowest BCUT2D eigenvalue weighted by Crippen LogP contribution is -2.27. The van der Waals surface area contributed by atoms with Gasteiger partial charge in [-0.05, 0) is 22.7 Å². The third-order valence-electron chi connectivity index (χ3n) is 3.82. The molecular weight excluding hydrogens is 304 g/mol. The van der Waals surface area contributed by atoms with Crippen LogP contribution in [-0.2, 0) is 4.74 Å². The Labute approximate surface area is 122 Å². The van der Waals surface area contributed by atoms with Gasteiger partial charge in [0.15, 0.2) is 0 Å². The van der Waals surface area contributed by atoms with Crippen LogP contribution in [0.25, 0.3) is 0 Å². The molecule has 102 valence electrons. The lowest BCUT2D eigenvalue weighted by Gasteiger charge is -2.28. The first-order valence-electron chi connectivity index (χ1n) is 6.66. The summed E-state index contributed by atoms with van der Waals surface area (Å²) in [6, 6.07) is 8.49. The first kappa shape index (κ1) is 15.9. The lowest BCUT2D eigenvalue weighted by atomic mass is 10.0. The minimum Gasteiger partial charge on any atom is -0.381 e. The van der Waals surface area contributed by atoms with E-state index in [1.165, 1.54) is 5.56 Å². The Bertz CT molecular complexity index is 377. The van der Waals surface area contributed by atoms with Gasteiger partial charge in [0.2, 0.25) is 0 Å². The summed E-state index contributed by atoms with van der Waals surface area (Å²) in [4.78, 5) is 0. The van der Waals surface area contributed by atoms with E-state index in [0.29, 0.717) is 11.0 Å². The van der Waals surface area contributed by atoms with Crippen molar-refractivity contribution in [1.82, 2.24) is 0 Å². The molecule has 0 fully saturated rings. The molecule has 0 bridgehead atoms. The molecule has 1 rings (SSSR count). The number of ether oxygens (including phenoxy) is 1. The molecule has 1 aromatic rings. The van der Waals surface area contributed by atoms with E-state index >= 15 is 0 Å². The molecule has 0 aliphatic carbocycles. The van der Waals surface area contributed by atoms with Crippen LogP contribution in [-0.4, -0.2) is 22.0 Å². The summed E-state index contributed by atoms with van der Waals surface area (Å²) < 4.78 is 7.08. The molecule has 0 radical (unpaired) electrons. The number of hydrogen-bond acceptors (Lipinski definition) is 1. The molecule has 0 saturated heterocycles. The fraction of sp³-hybridized carbons (Fsp3) is 0.600. The average molecular weight is 329 g/mol. The quantitative estimate of drug-likeness (QED) is 0.679. The van der Waals surface area contributed by atoms with Gasteiger partial charge in [-0.2, -0.15) is 0 Å². The summed E-state index contributed by atoms with van der Waals surface area (Å²) in [6.45, 7) is 13.3. The lowest BCUT2D eigenvalue weighted by molar-refractivity contribution is 0.104. The molecule has 1 aromatic carbocycles. The molecule has 0 aliphatic rings. The van der Waals surface area contributed by atoms with E-state index in [4.69, 9.17) is 4.74 Å². The van der Waals surface area contributed by atoms with Crippen LogP contribution in [0.2, 0.25) is 18.1 Å². The van der Waals surface area contributed by atoms with E-state index in [0.717, 1.165) is 17.7 Å². The Hall–Kier alpha value is -0.123. The topological polar surface area (TPSA) is 9.23 Å². The second kappa shape index (κ2) is 6.87. The van der Waals surface area contributed by atoms with Gasteiger partial charge in [0.1, 0.15) is 0 Å². The van der Waals surface area contributed by atoms with E-state index in [2.05, 4.69) is 74.1 Å². The Morgan fingerprint density at radius 1 is 1.33 bits per heavy atom. The van der Waals surface area contributed by atoms with Gasteiger partial charge in [-0.15, -0.1) is 0 Å². The van der Waals surface area contributed by atoms with Crippen LogP contribution in [0.3, 0.4) is 0 Å². The highest BCUT2D eigenvalue weighted by molar-refractivity contribution is 9.10.